The summed E-state index contributed by atoms with van der Waals surface area (Å²) in [7, 11) is 0. The molecule has 2 aliphatic heterocycles. The van der Waals surface area contributed by atoms with Crippen molar-refractivity contribution in [3.8, 4) is 0 Å². The maximum atomic E-state index is 14.0. The summed E-state index contributed by atoms with van der Waals surface area (Å²) in [5, 5.41) is 4.13. The van der Waals surface area contributed by atoms with Crippen LogP contribution in [0.1, 0.15) is 51.3 Å². The van der Waals surface area contributed by atoms with Gasteiger partial charge in [-0.15, -0.1) is 0 Å². The molecule has 3 atom stereocenters. The van der Waals surface area contributed by atoms with Gasteiger partial charge >= 0.3 is 0 Å². The van der Waals surface area contributed by atoms with E-state index in [9.17, 15) is 14.4 Å². The number of imidazole rings is 1. The number of fused-ring (bicyclic) bond motifs is 5. The van der Waals surface area contributed by atoms with Crippen LogP contribution in [-0.2, 0) is 32.9 Å². The second-order valence-electron chi connectivity index (χ2n) is 10.6. The highest BCUT2D eigenvalue weighted by atomic mass is 16.2. The standard InChI is InChI=1S/C29H38N6O3/c1-4-34(5-2)28(38)23-17-20(18-25(36)31-12-8-14-33-16-13-30-19-33)27(37)35-15-11-22-21-9-6-7-10-24(21)32-26(22)29(23,35)3/h6-7,9-10,13,16,19-20,23,32H,4-5,8,11-12,14-15,17-18H2,1-3H3,(H,31,36)/t20?,23-,29+/m1/s1. The van der Waals surface area contributed by atoms with Gasteiger partial charge in [0.15, 0.2) is 0 Å². The van der Waals surface area contributed by atoms with Crippen LogP contribution in [0.2, 0.25) is 0 Å². The summed E-state index contributed by atoms with van der Waals surface area (Å²) >= 11 is 0. The lowest BCUT2D eigenvalue weighted by Gasteiger charge is -2.54. The second kappa shape index (κ2) is 10.6. The smallest absolute Gasteiger partial charge is 0.228 e. The Balaban J connectivity index is 1.39. The molecular formula is C29H38N6O3. The predicted molar refractivity (Wildman–Crippen MR) is 145 cm³/mol. The van der Waals surface area contributed by atoms with Gasteiger partial charge in [-0.2, -0.15) is 0 Å². The number of aryl methyl sites for hydroxylation is 1. The third kappa shape index (κ3) is 4.48. The van der Waals surface area contributed by atoms with Gasteiger partial charge in [0.25, 0.3) is 0 Å². The summed E-state index contributed by atoms with van der Waals surface area (Å²) in [6, 6.07) is 8.18. The van der Waals surface area contributed by atoms with Gasteiger partial charge in [-0.1, -0.05) is 18.2 Å². The largest absolute Gasteiger partial charge is 0.356 e. The van der Waals surface area contributed by atoms with Crippen molar-refractivity contribution in [3.63, 3.8) is 0 Å². The fourth-order valence-corrected chi connectivity index (χ4v) is 6.49. The molecule has 38 heavy (non-hydrogen) atoms. The lowest BCUT2D eigenvalue weighted by atomic mass is 9.67. The van der Waals surface area contributed by atoms with Crippen LogP contribution in [0, 0.1) is 11.8 Å². The molecule has 2 aliphatic rings. The molecule has 9 nitrogen and oxygen atoms in total. The van der Waals surface area contributed by atoms with Gasteiger partial charge in [-0.25, -0.2) is 4.98 Å². The van der Waals surface area contributed by atoms with Crippen LogP contribution < -0.4 is 5.32 Å². The highest BCUT2D eigenvalue weighted by Gasteiger charge is 2.57. The SMILES string of the molecule is CCN(CC)C(=O)[C@H]1CC(CC(=O)NCCCn2ccnc2)C(=O)N2CCc3c([nH]c4ccccc34)[C@]12C. The van der Waals surface area contributed by atoms with Gasteiger partial charge in [0.1, 0.15) is 0 Å². The fraction of sp³-hybridized carbons (Fsp3) is 0.517. The van der Waals surface area contributed by atoms with Crippen molar-refractivity contribution in [1.82, 2.24) is 29.7 Å². The van der Waals surface area contributed by atoms with Crippen molar-refractivity contribution in [2.45, 2.75) is 58.5 Å². The summed E-state index contributed by atoms with van der Waals surface area (Å²) < 4.78 is 1.97. The molecule has 3 amide bonds. The molecule has 2 aromatic heterocycles. The highest BCUT2D eigenvalue weighted by Crippen LogP contribution is 2.50. The van der Waals surface area contributed by atoms with E-state index in [2.05, 4.69) is 21.4 Å². The maximum Gasteiger partial charge on any atom is 0.228 e. The quantitative estimate of drug-likeness (QED) is 0.425. The lowest BCUT2D eigenvalue weighted by Crippen LogP contribution is -2.64. The van der Waals surface area contributed by atoms with E-state index in [0.29, 0.717) is 32.6 Å². The number of nitrogens with one attached hydrogen (secondary N) is 2. The second-order valence-corrected chi connectivity index (χ2v) is 10.6. The Kier molecular flexibility index (Phi) is 7.27. The van der Waals surface area contributed by atoms with Gasteiger partial charge in [0.05, 0.1) is 17.8 Å². The van der Waals surface area contributed by atoms with Crippen LogP contribution in [0.5, 0.6) is 0 Å². The first-order valence-corrected chi connectivity index (χ1v) is 13.8. The van der Waals surface area contributed by atoms with E-state index in [-0.39, 0.29) is 24.1 Å². The van der Waals surface area contributed by atoms with E-state index in [1.54, 1.807) is 12.5 Å². The number of aromatic amines is 1. The molecule has 202 valence electrons. The first kappa shape index (κ1) is 26.0. The predicted octanol–water partition coefficient (Wildman–Crippen LogP) is 3.07. The molecule has 1 unspecified atom stereocenters. The van der Waals surface area contributed by atoms with E-state index in [1.165, 1.54) is 5.56 Å². The Hall–Kier alpha value is -3.62. The van der Waals surface area contributed by atoms with Crippen molar-refractivity contribution < 1.29 is 14.4 Å². The average Bonchev–Trinajstić information content (AvgIpc) is 3.57. The molecule has 4 heterocycles. The number of H-pyrrole nitrogens is 1. The summed E-state index contributed by atoms with van der Waals surface area (Å²) in [5.74, 6) is -1.09. The monoisotopic (exact) mass is 518 g/mol. The number of amides is 3. The normalized spacial score (nSPS) is 22.7. The summed E-state index contributed by atoms with van der Waals surface area (Å²) in [6.45, 7) is 9.06. The summed E-state index contributed by atoms with van der Waals surface area (Å²) in [6.07, 6.45) is 7.33. The number of para-hydroxylation sites is 1. The number of carbonyl (C=O) groups is 3. The lowest BCUT2D eigenvalue weighted by molar-refractivity contribution is -0.164. The number of benzene rings is 1. The minimum absolute atomic E-state index is 0.0334. The molecule has 1 fully saturated rings. The Bertz CT molecular complexity index is 1310. The van der Waals surface area contributed by atoms with Crippen molar-refractivity contribution >= 4 is 28.6 Å². The molecular weight excluding hydrogens is 480 g/mol. The third-order valence-corrected chi connectivity index (χ3v) is 8.56. The zero-order chi connectivity index (χ0) is 26.9. The van der Waals surface area contributed by atoms with E-state index in [1.807, 2.05) is 59.5 Å². The summed E-state index contributed by atoms with van der Waals surface area (Å²) in [5.41, 5.74) is 2.39. The van der Waals surface area contributed by atoms with Crippen molar-refractivity contribution in [2.24, 2.45) is 11.8 Å². The number of hydrogen-bond donors (Lipinski definition) is 2. The van der Waals surface area contributed by atoms with Crippen LogP contribution in [0.4, 0.5) is 0 Å². The first-order chi connectivity index (χ1) is 18.4. The van der Waals surface area contributed by atoms with Crippen LogP contribution in [0.15, 0.2) is 43.0 Å². The number of rotatable bonds is 9. The molecule has 1 aromatic carbocycles. The van der Waals surface area contributed by atoms with Crippen LogP contribution in [-0.4, -0.2) is 68.2 Å². The molecule has 3 aromatic rings. The van der Waals surface area contributed by atoms with Gasteiger partial charge in [-0.05, 0) is 51.7 Å². The molecule has 2 N–H and O–H groups in total. The number of aromatic nitrogens is 3. The molecule has 9 heteroatoms. The molecule has 0 spiro atoms. The highest BCUT2D eigenvalue weighted by molar-refractivity contribution is 5.92. The maximum absolute atomic E-state index is 14.0. The molecule has 1 saturated heterocycles. The van der Waals surface area contributed by atoms with E-state index >= 15 is 0 Å². The Morgan fingerprint density at radius 3 is 2.76 bits per heavy atom. The van der Waals surface area contributed by atoms with E-state index in [0.717, 1.165) is 36.0 Å². The zero-order valence-corrected chi connectivity index (χ0v) is 22.6. The Labute approximate surface area is 223 Å². The molecule has 0 saturated carbocycles. The average molecular weight is 519 g/mol. The van der Waals surface area contributed by atoms with E-state index < -0.39 is 17.4 Å². The minimum atomic E-state index is -0.791. The van der Waals surface area contributed by atoms with Crippen molar-refractivity contribution in [1.29, 1.82) is 0 Å². The van der Waals surface area contributed by atoms with Gasteiger partial charge in [0, 0.05) is 74.1 Å². The number of piperidine rings is 1. The van der Waals surface area contributed by atoms with Crippen LogP contribution >= 0.6 is 0 Å². The summed E-state index contributed by atoms with van der Waals surface area (Å²) in [4.78, 5) is 52.1. The van der Waals surface area contributed by atoms with Gasteiger partial charge in [-0.3, -0.25) is 14.4 Å². The van der Waals surface area contributed by atoms with Crippen molar-refractivity contribution in [3.05, 3.63) is 54.2 Å². The van der Waals surface area contributed by atoms with Gasteiger partial charge in [0.2, 0.25) is 17.7 Å². The van der Waals surface area contributed by atoms with Crippen LogP contribution in [0.3, 0.4) is 0 Å². The first-order valence-electron chi connectivity index (χ1n) is 13.8. The molecule has 0 aliphatic carbocycles. The fourth-order valence-electron chi connectivity index (χ4n) is 6.49. The minimum Gasteiger partial charge on any atom is -0.356 e. The van der Waals surface area contributed by atoms with Crippen molar-refractivity contribution in [2.75, 3.05) is 26.2 Å². The molecule has 0 bridgehead atoms. The van der Waals surface area contributed by atoms with Crippen LogP contribution in [0.25, 0.3) is 10.9 Å². The number of hydrogen-bond acceptors (Lipinski definition) is 4. The third-order valence-electron chi connectivity index (χ3n) is 8.56. The Morgan fingerprint density at radius 1 is 1.24 bits per heavy atom. The number of nitrogens with zero attached hydrogens (tertiary/aromatic N) is 4. The molecule has 5 rings (SSSR count). The Morgan fingerprint density at radius 2 is 2.03 bits per heavy atom. The molecule has 0 radical (unpaired) electrons. The topological polar surface area (TPSA) is 103 Å². The number of carbonyl (C=O) groups excluding carboxylic acids is 3. The van der Waals surface area contributed by atoms with E-state index in [4.69, 9.17) is 0 Å². The van der Waals surface area contributed by atoms with Gasteiger partial charge < -0.3 is 24.7 Å². The zero-order valence-electron chi connectivity index (χ0n) is 22.6.